The van der Waals surface area contributed by atoms with Gasteiger partial charge in [-0.2, -0.15) is 0 Å². The van der Waals surface area contributed by atoms with Crippen molar-refractivity contribution in [2.45, 2.75) is 53.0 Å². The fourth-order valence-corrected chi connectivity index (χ4v) is 4.06. The first kappa shape index (κ1) is 15.3. The summed E-state index contributed by atoms with van der Waals surface area (Å²) < 4.78 is 0. The zero-order valence-electron chi connectivity index (χ0n) is 13.0. The van der Waals surface area contributed by atoms with Crippen molar-refractivity contribution in [2.24, 2.45) is 29.6 Å². The summed E-state index contributed by atoms with van der Waals surface area (Å²) in [5.74, 6) is -0.206. The third-order valence-electron chi connectivity index (χ3n) is 5.31. The Bertz CT molecular complexity index is 395. The van der Waals surface area contributed by atoms with E-state index in [1.165, 1.54) is 0 Å². The van der Waals surface area contributed by atoms with Crippen LogP contribution in [-0.2, 0) is 9.59 Å². The minimum Gasteiger partial charge on any atom is -0.481 e. The van der Waals surface area contributed by atoms with Gasteiger partial charge < -0.3 is 10.0 Å². The topological polar surface area (TPSA) is 57.6 Å². The summed E-state index contributed by atoms with van der Waals surface area (Å²) in [6, 6.07) is 0.226. The van der Waals surface area contributed by atoms with Gasteiger partial charge in [-0.3, -0.25) is 9.59 Å². The summed E-state index contributed by atoms with van der Waals surface area (Å²) in [4.78, 5) is 26.2. The van der Waals surface area contributed by atoms with Gasteiger partial charge in [0.05, 0.1) is 11.8 Å². The molecule has 0 aromatic carbocycles. The van der Waals surface area contributed by atoms with Crippen LogP contribution in [0.1, 0.15) is 47.0 Å². The molecule has 20 heavy (non-hydrogen) atoms. The Morgan fingerprint density at radius 1 is 0.950 bits per heavy atom. The SMILES string of the molecule is CC1C[C@H](C(=O)N2CC(C)CC(C)C2C)[C@H](C(=O)O)C1. The van der Waals surface area contributed by atoms with Crippen molar-refractivity contribution in [3.8, 4) is 0 Å². The third-order valence-corrected chi connectivity index (χ3v) is 5.31. The number of hydrogen-bond donors (Lipinski definition) is 1. The molecule has 0 aromatic rings. The van der Waals surface area contributed by atoms with E-state index in [2.05, 4.69) is 20.8 Å². The maximum atomic E-state index is 12.8. The first-order chi connectivity index (χ1) is 9.31. The number of carbonyl (C=O) groups excluding carboxylic acids is 1. The summed E-state index contributed by atoms with van der Waals surface area (Å²) >= 11 is 0. The summed E-state index contributed by atoms with van der Waals surface area (Å²) in [5, 5.41) is 9.35. The minimum absolute atomic E-state index is 0.0765. The molecule has 2 fully saturated rings. The highest BCUT2D eigenvalue weighted by Crippen LogP contribution is 2.39. The number of hydrogen-bond acceptors (Lipinski definition) is 2. The van der Waals surface area contributed by atoms with Crippen molar-refractivity contribution in [1.82, 2.24) is 4.90 Å². The Morgan fingerprint density at radius 2 is 1.55 bits per heavy atom. The molecule has 1 N–H and O–H groups in total. The van der Waals surface area contributed by atoms with Crippen LogP contribution in [0.3, 0.4) is 0 Å². The molecule has 0 radical (unpaired) electrons. The Hall–Kier alpha value is -1.06. The number of aliphatic carboxylic acids is 1. The third kappa shape index (κ3) is 2.84. The maximum absolute atomic E-state index is 12.8. The number of amides is 1. The smallest absolute Gasteiger partial charge is 0.307 e. The molecule has 4 heteroatoms. The largest absolute Gasteiger partial charge is 0.481 e. The lowest BCUT2D eigenvalue weighted by atomic mass is 9.84. The second-order valence-electron chi connectivity index (χ2n) is 7.18. The second kappa shape index (κ2) is 5.74. The number of rotatable bonds is 2. The molecule has 4 nitrogen and oxygen atoms in total. The predicted molar refractivity (Wildman–Crippen MR) is 77.1 cm³/mol. The predicted octanol–water partition coefficient (Wildman–Crippen LogP) is 2.63. The van der Waals surface area contributed by atoms with Crippen LogP contribution in [0, 0.1) is 29.6 Å². The van der Waals surface area contributed by atoms with Gasteiger partial charge in [-0.1, -0.05) is 20.8 Å². The van der Waals surface area contributed by atoms with Crippen LogP contribution < -0.4 is 0 Å². The lowest BCUT2D eigenvalue weighted by Gasteiger charge is -2.42. The van der Waals surface area contributed by atoms with Gasteiger partial charge in [0.15, 0.2) is 0 Å². The van der Waals surface area contributed by atoms with Crippen molar-refractivity contribution >= 4 is 11.9 Å². The van der Waals surface area contributed by atoms with Gasteiger partial charge in [0.25, 0.3) is 0 Å². The Labute approximate surface area is 121 Å². The molecule has 0 bridgehead atoms. The molecule has 1 heterocycles. The number of piperidine rings is 1. The average molecular weight is 281 g/mol. The van der Waals surface area contributed by atoms with Gasteiger partial charge in [0.1, 0.15) is 0 Å². The Balaban J connectivity index is 2.15. The van der Waals surface area contributed by atoms with E-state index in [0.29, 0.717) is 24.2 Å². The van der Waals surface area contributed by atoms with Gasteiger partial charge in [-0.05, 0) is 43.9 Å². The monoisotopic (exact) mass is 281 g/mol. The lowest BCUT2D eigenvalue weighted by molar-refractivity contribution is -0.151. The van der Waals surface area contributed by atoms with E-state index in [0.717, 1.165) is 19.4 Å². The molecule has 1 aliphatic carbocycles. The minimum atomic E-state index is -0.807. The molecule has 0 spiro atoms. The molecular formula is C16H27NO3. The first-order valence-corrected chi connectivity index (χ1v) is 7.84. The van der Waals surface area contributed by atoms with E-state index < -0.39 is 11.9 Å². The fraction of sp³-hybridized carbons (Fsp3) is 0.875. The summed E-state index contributed by atoms with van der Waals surface area (Å²) in [6.45, 7) is 9.29. The number of nitrogens with zero attached hydrogens (tertiary/aromatic N) is 1. The number of carboxylic acids is 1. The van der Waals surface area contributed by atoms with E-state index in [-0.39, 0.29) is 17.9 Å². The van der Waals surface area contributed by atoms with Gasteiger partial charge in [-0.25, -0.2) is 0 Å². The Morgan fingerprint density at radius 3 is 2.15 bits per heavy atom. The highest BCUT2D eigenvalue weighted by atomic mass is 16.4. The lowest BCUT2D eigenvalue weighted by Crippen LogP contribution is -2.51. The van der Waals surface area contributed by atoms with Crippen molar-refractivity contribution in [2.75, 3.05) is 6.54 Å². The van der Waals surface area contributed by atoms with E-state index in [1.807, 2.05) is 11.8 Å². The second-order valence-corrected chi connectivity index (χ2v) is 7.18. The maximum Gasteiger partial charge on any atom is 0.307 e. The van der Waals surface area contributed by atoms with Crippen molar-refractivity contribution in [3.63, 3.8) is 0 Å². The molecule has 1 saturated carbocycles. The van der Waals surface area contributed by atoms with E-state index >= 15 is 0 Å². The van der Waals surface area contributed by atoms with Crippen LogP contribution >= 0.6 is 0 Å². The van der Waals surface area contributed by atoms with Crippen molar-refractivity contribution < 1.29 is 14.7 Å². The van der Waals surface area contributed by atoms with Crippen LogP contribution in [0.2, 0.25) is 0 Å². The number of carbonyl (C=O) groups is 2. The first-order valence-electron chi connectivity index (χ1n) is 7.84. The summed E-state index contributed by atoms with van der Waals surface area (Å²) in [7, 11) is 0. The average Bonchev–Trinajstić information content (AvgIpc) is 2.75. The normalized spacial score (nSPS) is 41.7. The highest BCUT2D eigenvalue weighted by Gasteiger charge is 2.45. The molecule has 2 aliphatic rings. The van der Waals surface area contributed by atoms with Crippen LogP contribution in [-0.4, -0.2) is 34.5 Å². The van der Waals surface area contributed by atoms with Crippen LogP contribution in [0.4, 0.5) is 0 Å². The summed E-state index contributed by atoms with van der Waals surface area (Å²) in [6.07, 6.45) is 2.51. The van der Waals surface area contributed by atoms with Gasteiger partial charge in [0.2, 0.25) is 5.91 Å². The standard InChI is InChI=1S/C16H27NO3/c1-9-6-13(14(7-9)16(19)20)15(18)17-8-10(2)5-11(3)12(17)4/h9-14H,5-8H2,1-4H3,(H,19,20)/t9?,10?,11?,12?,13-,14+/m0/s1. The number of likely N-dealkylation sites (tertiary alicyclic amines) is 1. The quantitative estimate of drug-likeness (QED) is 0.846. The van der Waals surface area contributed by atoms with E-state index in [4.69, 9.17) is 0 Å². The molecular weight excluding hydrogens is 254 g/mol. The summed E-state index contributed by atoms with van der Waals surface area (Å²) in [5.41, 5.74) is 0. The zero-order chi connectivity index (χ0) is 15.0. The molecule has 0 aromatic heterocycles. The molecule has 1 amide bonds. The van der Waals surface area contributed by atoms with E-state index in [9.17, 15) is 14.7 Å². The van der Waals surface area contributed by atoms with Crippen LogP contribution in [0.5, 0.6) is 0 Å². The molecule has 1 saturated heterocycles. The fourth-order valence-electron chi connectivity index (χ4n) is 4.06. The van der Waals surface area contributed by atoms with Crippen LogP contribution in [0.15, 0.2) is 0 Å². The molecule has 6 atom stereocenters. The molecule has 4 unspecified atom stereocenters. The van der Waals surface area contributed by atoms with Gasteiger partial charge in [0, 0.05) is 12.6 Å². The molecule has 1 aliphatic heterocycles. The van der Waals surface area contributed by atoms with Crippen molar-refractivity contribution in [1.29, 1.82) is 0 Å². The molecule has 114 valence electrons. The van der Waals surface area contributed by atoms with Crippen molar-refractivity contribution in [3.05, 3.63) is 0 Å². The Kier molecular flexibility index (Phi) is 4.40. The van der Waals surface area contributed by atoms with E-state index in [1.54, 1.807) is 0 Å². The van der Waals surface area contributed by atoms with Gasteiger partial charge >= 0.3 is 5.97 Å². The van der Waals surface area contributed by atoms with Gasteiger partial charge in [-0.15, -0.1) is 0 Å². The van der Waals surface area contributed by atoms with Crippen LogP contribution in [0.25, 0.3) is 0 Å². The number of carboxylic acid groups (broad SMARTS) is 1. The zero-order valence-corrected chi connectivity index (χ0v) is 13.0. The highest BCUT2D eigenvalue weighted by molar-refractivity contribution is 5.85. The molecule has 2 rings (SSSR count).